The minimum Gasteiger partial charge on any atom is -0.497 e. The highest BCUT2D eigenvalue weighted by molar-refractivity contribution is 5.77. The molecule has 2 aromatic carbocycles. The summed E-state index contributed by atoms with van der Waals surface area (Å²) in [6.07, 6.45) is -4.59. The lowest BCUT2D eigenvalue weighted by Gasteiger charge is -2.13. The summed E-state index contributed by atoms with van der Waals surface area (Å²) in [6.45, 7) is -0.456. The van der Waals surface area contributed by atoms with Crippen LogP contribution in [0.15, 0.2) is 54.6 Å². The van der Waals surface area contributed by atoms with Crippen LogP contribution < -0.4 is 24.3 Å². The van der Waals surface area contributed by atoms with Crippen LogP contribution in [0.1, 0.15) is 5.56 Å². The van der Waals surface area contributed by atoms with Gasteiger partial charge in [0, 0.05) is 12.1 Å². The molecule has 37 heavy (non-hydrogen) atoms. The van der Waals surface area contributed by atoms with E-state index in [0.29, 0.717) is 28.5 Å². The first kappa shape index (κ1) is 25.5. The van der Waals surface area contributed by atoms with Crippen LogP contribution in [0.4, 0.5) is 13.2 Å². The molecular weight excluding hydrogens is 495 g/mol. The Labute approximate surface area is 208 Å². The van der Waals surface area contributed by atoms with Gasteiger partial charge in [-0.25, -0.2) is 0 Å². The van der Waals surface area contributed by atoms with Crippen LogP contribution in [0.5, 0.6) is 23.1 Å². The van der Waals surface area contributed by atoms with Crippen molar-refractivity contribution in [1.29, 1.82) is 0 Å². The number of aromatic nitrogens is 4. The maximum absolute atomic E-state index is 13.0. The van der Waals surface area contributed by atoms with E-state index in [2.05, 4.69) is 20.6 Å². The van der Waals surface area contributed by atoms with Gasteiger partial charge in [0.05, 0.1) is 31.9 Å². The standard InChI is InChI=1S/C24H22F3N5O5/c1-34-15-7-8-16(19(13-15)35-2)23-30-29-20-9-10-22(31-32(20)23)36-12-11-28-21(33)14-37-18-6-4-3-5-17(18)24(25,26)27/h3-10,13H,11-12,14H2,1-2H3,(H,28,33). The molecular formula is C24H22F3N5O5. The quantitative estimate of drug-likeness (QED) is 0.319. The number of hydrogen-bond acceptors (Lipinski definition) is 8. The summed E-state index contributed by atoms with van der Waals surface area (Å²) >= 11 is 0. The summed E-state index contributed by atoms with van der Waals surface area (Å²) in [5.74, 6) is 0.775. The van der Waals surface area contributed by atoms with Crippen LogP contribution in [0.25, 0.3) is 17.0 Å². The van der Waals surface area contributed by atoms with Gasteiger partial charge in [-0.05, 0) is 30.3 Å². The van der Waals surface area contributed by atoms with Crippen LogP contribution in [-0.2, 0) is 11.0 Å². The van der Waals surface area contributed by atoms with Gasteiger partial charge in [0.1, 0.15) is 23.9 Å². The number of alkyl halides is 3. The Balaban J connectivity index is 1.34. The van der Waals surface area contributed by atoms with Gasteiger partial charge in [0.25, 0.3) is 5.91 Å². The normalized spacial score (nSPS) is 11.3. The van der Waals surface area contributed by atoms with Crippen molar-refractivity contribution < 1.29 is 36.9 Å². The predicted molar refractivity (Wildman–Crippen MR) is 125 cm³/mol. The number of hydrogen-bond donors (Lipinski definition) is 1. The van der Waals surface area contributed by atoms with Gasteiger partial charge >= 0.3 is 6.18 Å². The molecule has 13 heteroatoms. The highest BCUT2D eigenvalue weighted by atomic mass is 19.4. The first-order valence-electron chi connectivity index (χ1n) is 10.9. The van der Waals surface area contributed by atoms with Crippen molar-refractivity contribution in [2.24, 2.45) is 0 Å². The molecule has 0 saturated heterocycles. The summed E-state index contributed by atoms with van der Waals surface area (Å²) in [4.78, 5) is 12.0. The molecule has 0 aliphatic heterocycles. The zero-order valence-corrected chi connectivity index (χ0v) is 19.8. The van der Waals surface area contributed by atoms with Crippen molar-refractivity contribution in [3.05, 3.63) is 60.2 Å². The third kappa shape index (κ3) is 6.00. The van der Waals surface area contributed by atoms with E-state index in [1.807, 2.05) is 0 Å². The lowest BCUT2D eigenvalue weighted by atomic mass is 10.2. The maximum atomic E-state index is 13.0. The van der Waals surface area contributed by atoms with Crippen LogP contribution in [-0.4, -0.2) is 59.7 Å². The first-order chi connectivity index (χ1) is 17.8. The lowest BCUT2D eigenvalue weighted by Crippen LogP contribution is -2.32. The van der Waals surface area contributed by atoms with Gasteiger partial charge in [-0.15, -0.1) is 15.3 Å². The molecule has 0 bridgehead atoms. The molecule has 0 saturated carbocycles. The van der Waals surface area contributed by atoms with Crippen molar-refractivity contribution in [2.75, 3.05) is 34.0 Å². The number of halogens is 3. The van der Waals surface area contributed by atoms with Crippen LogP contribution >= 0.6 is 0 Å². The Morgan fingerprint density at radius 2 is 1.78 bits per heavy atom. The zero-order valence-electron chi connectivity index (χ0n) is 19.8. The van der Waals surface area contributed by atoms with Gasteiger partial charge < -0.3 is 24.3 Å². The van der Waals surface area contributed by atoms with Crippen LogP contribution in [0.3, 0.4) is 0 Å². The fourth-order valence-corrected chi connectivity index (χ4v) is 3.37. The second kappa shape index (κ2) is 11.0. The van der Waals surface area contributed by atoms with E-state index in [1.54, 1.807) is 37.4 Å². The molecule has 2 aromatic heterocycles. The van der Waals surface area contributed by atoms with Crippen molar-refractivity contribution in [3.63, 3.8) is 0 Å². The van der Waals surface area contributed by atoms with Crippen LogP contribution in [0.2, 0.25) is 0 Å². The monoisotopic (exact) mass is 517 g/mol. The Kier molecular flexibility index (Phi) is 7.60. The number of nitrogens with one attached hydrogen (secondary N) is 1. The summed E-state index contributed by atoms with van der Waals surface area (Å²) < 4.78 is 61.9. The second-order valence-electron chi connectivity index (χ2n) is 7.51. The molecule has 0 atom stereocenters. The van der Waals surface area contributed by atoms with E-state index in [0.717, 1.165) is 12.1 Å². The molecule has 1 N–H and O–H groups in total. The molecule has 0 unspecified atom stereocenters. The number of benzene rings is 2. The molecule has 0 fully saturated rings. The molecule has 194 valence electrons. The average molecular weight is 517 g/mol. The van der Waals surface area contributed by atoms with E-state index in [1.165, 1.54) is 23.8 Å². The minimum atomic E-state index is -4.59. The number of carbonyl (C=O) groups excluding carboxylic acids is 1. The molecule has 0 radical (unpaired) electrons. The largest absolute Gasteiger partial charge is 0.497 e. The number of ether oxygens (including phenoxy) is 4. The number of carbonyl (C=O) groups is 1. The zero-order chi connectivity index (χ0) is 26.4. The minimum absolute atomic E-state index is 0.0483. The molecule has 0 spiro atoms. The number of amides is 1. The molecule has 0 aliphatic rings. The summed E-state index contributed by atoms with van der Waals surface area (Å²) in [6, 6.07) is 13.2. The number of rotatable bonds is 10. The van der Waals surface area contributed by atoms with Crippen molar-refractivity contribution in [1.82, 2.24) is 25.1 Å². The van der Waals surface area contributed by atoms with E-state index in [4.69, 9.17) is 18.9 Å². The van der Waals surface area contributed by atoms with Gasteiger partial charge in [-0.1, -0.05) is 12.1 Å². The van der Waals surface area contributed by atoms with Gasteiger partial charge in [0.2, 0.25) is 5.88 Å². The molecule has 4 aromatic rings. The Morgan fingerprint density at radius 3 is 2.54 bits per heavy atom. The van der Waals surface area contributed by atoms with Crippen molar-refractivity contribution in [3.8, 4) is 34.5 Å². The molecule has 0 aliphatic carbocycles. The van der Waals surface area contributed by atoms with Crippen molar-refractivity contribution in [2.45, 2.75) is 6.18 Å². The fraction of sp³-hybridized carbons (Fsp3) is 0.250. The van der Waals surface area contributed by atoms with E-state index in [-0.39, 0.29) is 19.0 Å². The van der Waals surface area contributed by atoms with E-state index >= 15 is 0 Å². The van der Waals surface area contributed by atoms with Crippen LogP contribution in [0, 0.1) is 0 Å². The fourth-order valence-electron chi connectivity index (χ4n) is 3.37. The Bertz CT molecular complexity index is 1390. The maximum Gasteiger partial charge on any atom is 0.419 e. The molecule has 2 heterocycles. The average Bonchev–Trinajstić information content (AvgIpc) is 3.32. The Hall–Kier alpha value is -4.55. The number of nitrogens with zero attached hydrogens (tertiary/aromatic N) is 4. The number of fused-ring (bicyclic) bond motifs is 1. The molecule has 4 rings (SSSR count). The topological polar surface area (TPSA) is 109 Å². The predicted octanol–water partition coefficient (Wildman–Crippen LogP) is 3.40. The Morgan fingerprint density at radius 1 is 0.973 bits per heavy atom. The van der Waals surface area contributed by atoms with E-state index < -0.39 is 30.0 Å². The first-order valence-corrected chi connectivity index (χ1v) is 10.9. The highest BCUT2D eigenvalue weighted by Crippen LogP contribution is 2.36. The third-order valence-electron chi connectivity index (χ3n) is 5.11. The van der Waals surface area contributed by atoms with Gasteiger partial charge in [-0.3, -0.25) is 4.79 Å². The summed E-state index contributed by atoms with van der Waals surface area (Å²) in [5.41, 5.74) is 0.165. The lowest BCUT2D eigenvalue weighted by molar-refractivity contribution is -0.139. The number of methoxy groups -OCH3 is 2. The SMILES string of the molecule is COc1ccc(-c2nnc3ccc(OCCNC(=O)COc4ccccc4C(F)(F)F)nn23)c(OC)c1. The summed E-state index contributed by atoms with van der Waals surface area (Å²) in [5, 5.41) is 15.2. The number of para-hydroxylation sites is 1. The smallest absolute Gasteiger partial charge is 0.419 e. The molecule has 1 amide bonds. The second-order valence-corrected chi connectivity index (χ2v) is 7.51. The van der Waals surface area contributed by atoms with Crippen molar-refractivity contribution >= 4 is 11.6 Å². The summed E-state index contributed by atoms with van der Waals surface area (Å²) in [7, 11) is 3.08. The highest BCUT2D eigenvalue weighted by Gasteiger charge is 2.34. The van der Waals surface area contributed by atoms with Gasteiger partial charge in [0.15, 0.2) is 18.1 Å². The van der Waals surface area contributed by atoms with Gasteiger partial charge in [-0.2, -0.15) is 17.7 Å². The molecule has 10 nitrogen and oxygen atoms in total. The third-order valence-corrected chi connectivity index (χ3v) is 5.11. The van der Waals surface area contributed by atoms with E-state index in [9.17, 15) is 18.0 Å².